The van der Waals surface area contributed by atoms with Gasteiger partial charge >= 0.3 is 0 Å². The number of carbonyl (C=O) groups is 2. The van der Waals surface area contributed by atoms with Gasteiger partial charge in [-0.1, -0.05) is 53.9 Å². The minimum absolute atomic E-state index is 0.292. The second-order valence-corrected chi connectivity index (χ2v) is 8.72. The molecule has 0 aliphatic carbocycles. The fourth-order valence-electron chi connectivity index (χ4n) is 3.80. The molecule has 2 heterocycles. The molecule has 0 atom stereocenters. The predicted molar refractivity (Wildman–Crippen MR) is 117 cm³/mol. The molecule has 1 saturated heterocycles. The summed E-state index contributed by atoms with van der Waals surface area (Å²) in [6, 6.07) is 11.7. The lowest BCUT2D eigenvalue weighted by Crippen LogP contribution is -2.38. The summed E-state index contributed by atoms with van der Waals surface area (Å²) in [5, 5.41) is 1.26. The van der Waals surface area contributed by atoms with Crippen molar-refractivity contribution in [1.82, 2.24) is 4.90 Å². The van der Waals surface area contributed by atoms with Crippen molar-refractivity contribution in [3.05, 3.63) is 68.8 Å². The van der Waals surface area contributed by atoms with Gasteiger partial charge in [0.25, 0.3) is 11.8 Å². The molecule has 2 amide bonds. The Morgan fingerprint density at radius 3 is 2.14 bits per heavy atom. The van der Waals surface area contributed by atoms with Crippen molar-refractivity contribution in [3.63, 3.8) is 0 Å². The molecule has 0 N–H and O–H groups in total. The van der Waals surface area contributed by atoms with E-state index in [1.807, 2.05) is 4.90 Å². The van der Waals surface area contributed by atoms with Crippen LogP contribution in [0.2, 0.25) is 15.1 Å². The average Bonchev–Trinajstić information content (AvgIpc) is 2.95. The number of rotatable bonds is 3. The van der Waals surface area contributed by atoms with E-state index in [1.54, 1.807) is 42.5 Å². The van der Waals surface area contributed by atoms with Crippen molar-refractivity contribution < 1.29 is 9.59 Å². The summed E-state index contributed by atoms with van der Waals surface area (Å²) in [7, 11) is 0. The van der Waals surface area contributed by atoms with Gasteiger partial charge in [-0.3, -0.25) is 9.59 Å². The first kappa shape index (κ1) is 20.3. The number of halogens is 3. The molecular formula is C22H19Cl3N2O2. The lowest BCUT2D eigenvalue weighted by atomic mass is 9.97. The molecule has 2 aromatic carbocycles. The third-order valence-corrected chi connectivity index (χ3v) is 6.25. The van der Waals surface area contributed by atoms with Gasteiger partial charge in [0.1, 0.15) is 5.70 Å². The highest BCUT2D eigenvalue weighted by Gasteiger charge is 2.43. The first-order valence-electron chi connectivity index (χ1n) is 9.46. The van der Waals surface area contributed by atoms with Gasteiger partial charge in [0.2, 0.25) is 0 Å². The number of hydrogen-bond acceptors (Lipinski definition) is 3. The molecule has 0 spiro atoms. The molecule has 150 valence electrons. The topological polar surface area (TPSA) is 40.6 Å². The third kappa shape index (κ3) is 3.77. The molecule has 0 saturated carbocycles. The molecule has 0 radical (unpaired) electrons. The van der Waals surface area contributed by atoms with E-state index < -0.39 is 5.91 Å². The Labute approximate surface area is 184 Å². The Balaban J connectivity index is 1.83. The predicted octanol–water partition coefficient (Wildman–Crippen LogP) is 5.66. The van der Waals surface area contributed by atoms with Gasteiger partial charge in [-0.05, 0) is 54.7 Å². The van der Waals surface area contributed by atoms with Crippen LogP contribution in [0, 0.1) is 5.92 Å². The van der Waals surface area contributed by atoms with E-state index in [-0.39, 0.29) is 5.91 Å². The van der Waals surface area contributed by atoms with Crippen LogP contribution in [0.1, 0.15) is 25.3 Å². The second kappa shape index (κ2) is 8.02. The van der Waals surface area contributed by atoms with Gasteiger partial charge < -0.3 is 4.90 Å². The van der Waals surface area contributed by atoms with E-state index in [0.29, 0.717) is 43.5 Å². The molecule has 4 rings (SSSR count). The Morgan fingerprint density at radius 2 is 1.48 bits per heavy atom. The number of carbonyl (C=O) groups excluding carboxylic acids is 2. The standard InChI is InChI=1S/C22H19Cl3N2O2/c1-13-8-10-26(11-9-13)20-19(14-2-4-15(23)5-3-14)21(28)27(22(20)29)18-12-16(24)6-7-17(18)25/h2-7,12-13H,8-11H2,1H3. The van der Waals surface area contributed by atoms with Crippen LogP contribution in [-0.4, -0.2) is 29.8 Å². The monoisotopic (exact) mass is 448 g/mol. The molecule has 0 bridgehead atoms. The van der Waals surface area contributed by atoms with E-state index in [0.717, 1.165) is 30.8 Å². The third-order valence-electron chi connectivity index (χ3n) is 5.44. The number of hydrogen-bond donors (Lipinski definition) is 0. The number of imide groups is 1. The molecule has 0 unspecified atom stereocenters. The molecular weight excluding hydrogens is 431 g/mol. The van der Waals surface area contributed by atoms with Gasteiger partial charge in [0.15, 0.2) is 0 Å². The van der Waals surface area contributed by atoms with Gasteiger partial charge in [-0.15, -0.1) is 0 Å². The van der Waals surface area contributed by atoms with Crippen LogP contribution in [0.3, 0.4) is 0 Å². The van der Waals surface area contributed by atoms with Crippen LogP contribution in [0.25, 0.3) is 5.57 Å². The lowest BCUT2D eigenvalue weighted by molar-refractivity contribution is -0.120. The van der Waals surface area contributed by atoms with Crippen molar-refractivity contribution in [2.24, 2.45) is 5.92 Å². The SMILES string of the molecule is CC1CCN(C2=C(c3ccc(Cl)cc3)C(=O)N(c3cc(Cl)ccc3Cl)C2=O)CC1. The van der Waals surface area contributed by atoms with Gasteiger partial charge in [0.05, 0.1) is 16.3 Å². The van der Waals surface area contributed by atoms with Crippen molar-refractivity contribution in [2.45, 2.75) is 19.8 Å². The summed E-state index contributed by atoms with van der Waals surface area (Å²) in [5.41, 5.74) is 1.74. The molecule has 2 aliphatic heterocycles. The maximum absolute atomic E-state index is 13.5. The molecule has 29 heavy (non-hydrogen) atoms. The van der Waals surface area contributed by atoms with Gasteiger partial charge in [-0.25, -0.2) is 4.90 Å². The first-order chi connectivity index (χ1) is 13.9. The number of piperidine rings is 1. The first-order valence-corrected chi connectivity index (χ1v) is 10.6. The lowest BCUT2D eigenvalue weighted by Gasteiger charge is -2.32. The van der Waals surface area contributed by atoms with E-state index in [1.165, 1.54) is 0 Å². The van der Waals surface area contributed by atoms with Crippen LogP contribution < -0.4 is 4.90 Å². The Bertz CT molecular complexity index is 1010. The zero-order valence-electron chi connectivity index (χ0n) is 15.8. The Hall–Kier alpha value is -2.01. The highest BCUT2D eigenvalue weighted by molar-refractivity contribution is 6.47. The number of benzene rings is 2. The summed E-state index contributed by atoms with van der Waals surface area (Å²) >= 11 is 18.5. The molecule has 4 nitrogen and oxygen atoms in total. The number of likely N-dealkylation sites (tertiary alicyclic amines) is 1. The van der Waals surface area contributed by atoms with Crippen molar-refractivity contribution in [2.75, 3.05) is 18.0 Å². The summed E-state index contributed by atoms with van der Waals surface area (Å²) in [5.74, 6) is -0.190. The van der Waals surface area contributed by atoms with Gasteiger partial charge in [0, 0.05) is 23.1 Å². The van der Waals surface area contributed by atoms with E-state index >= 15 is 0 Å². The number of anilines is 1. The summed E-state index contributed by atoms with van der Waals surface area (Å²) in [4.78, 5) is 30.1. The van der Waals surface area contributed by atoms with Crippen LogP contribution in [0.4, 0.5) is 5.69 Å². The smallest absolute Gasteiger partial charge is 0.282 e. The Kier molecular flexibility index (Phi) is 5.60. The highest BCUT2D eigenvalue weighted by atomic mass is 35.5. The zero-order chi connectivity index (χ0) is 20.7. The zero-order valence-corrected chi connectivity index (χ0v) is 18.1. The van der Waals surface area contributed by atoms with Crippen LogP contribution in [0.15, 0.2) is 48.2 Å². The van der Waals surface area contributed by atoms with E-state index in [2.05, 4.69) is 6.92 Å². The summed E-state index contributed by atoms with van der Waals surface area (Å²) < 4.78 is 0. The minimum atomic E-state index is -0.407. The largest absolute Gasteiger partial charge is 0.366 e. The normalized spacial score (nSPS) is 18.2. The quantitative estimate of drug-likeness (QED) is 0.567. The highest BCUT2D eigenvalue weighted by Crippen LogP contribution is 2.39. The molecule has 0 aromatic heterocycles. The minimum Gasteiger partial charge on any atom is -0.366 e. The molecule has 1 fully saturated rings. The summed E-state index contributed by atoms with van der Waals surface area (Å²) in [6.45, 7) is 3.65. The fourth-order valence-corrected chi connectivity index (χ4v) is 4.29. The molecule has 2 aliphatic rings. The fraction of sp³-hybridized carbons (Fsp3) is 0.273. The van der Waals surface area contributed by atoms with E-state index in [9.17, 15) is 9.59 Å². The van der Waals surface area contributed by atoms with Crippen LogP contribution in [0.5, 0.6) is 0 Å². The Morgan fingerprint density at radius 1 is 0.862 bits per heavy atom. The summed E-state index contributed by atoms with van der Waals surface area (Å²) in [6.07, 6.45) is 1.94. The average molecular weight is 450 g/mol. The maximum atomic E-state index is 13.5. The number of nitrogens with zero attached hydrogens (tertiary/aromatic N) is 2. The van der Waals surface area contributed by atoms with Crippen LogP contribution in [-0.2, 0) is 9.59 Å². The van der Waals surface area contributed by atoms with Crippen LogP contribution >= 0.6 is 34.8 Å². The number of amides is 2. The molecule has 2 aromatic rings. The van der Waals surface area contributed by atoms with Gasteiger partial charge in [-0.2, -0.15) is 0 Å². The van der Waals surface area contributed by atoms with E-state index in [4.69, 9.17) is 34.8 Å². The van der Waals surface area contributed by atoms with Crippen molar-refractivity contribution >= 4 is 57.9 Å². The van der Waals surface area contributed by atoms with Crippen molar-refractivity contribution in [1.29, 1.82) is 0 Å². The molecule has 7 heteroatoms. The second-order valence-electron chi connectivity index (χ2n) is 7.44. The van der Waals surface area contributed by atoms with Crippen molar-refractivity contribution in [3.8, 4) is 0 Å². The maximum Gasteiger partial charge on any atom is 0.282 e.